The van der Waals surface area contributed by atoms with E-state index in [2.05, 4.69) is 27.0 Å². The lowest BCUT2D eigenvalue weighted by molar-refractivity contribution is -0.185. The Labute approximate surface area is 128 Å². The van der Waals surface area contributed by atoms with Gasteiger partial charge in [0.1, 0.15) is 0 Å². The summed E-state index contributed by atoms with van der Waals surface area (Å²) >= 11 is 0. The molecule has 0 aromatic rings. The minimum Gasteiger partial charge on any atom is -0.422 e. The molecule has 21 heavy (non-hydrogen) atoms. The molecule has 0 aromatic heterocycles. The van der Waals surface area contributed by atoms with Crippen LogP contribution in [-0.4, -0.2) is 18.2 Å². The van der Waals surface area contributed by atoms with Crippen molar-refractivity contribution in [2.75, 3.05) is 0 Å². The van der Waals surface area contributed by atoms with Crippen molar-refractivity contribution in [3.05, 3.63) is 24.3 Å². The van der Waals surface area contributed by atoms with Gasteiger partial charge in [-0.15, -0.1) is 0 Å². The maximum atomic E-state index is 11.7. The molecule has 1 atom stereocenters. The number of rotatable bonds is 10. The molecule has 0 rings (SSSR count). The number of unbranched alkanes of at least 4 members (excludes halogenated alkanes) is 1. The second kappa shape index (κ2) is 10.2. The molecule has 0 heterocycles. The van der Waals surface area contributed by atoms with Crippen LogP contribution in [0.3, 0.4) is 0 Å². The third-order valence-electron chi connectivity index (χ3n) is 3.24. The van der Waals surface area contributed by atoms with Crippen molar-refractivity contribution in [1.82, 2.24) is 0 Å². The largest absolute Gasteiger partial charge is 0.422 e. The highest BCUT2D eigenvalue weighted by molar-refractivity contribution is 5.88. The molecule has 0 aliphatic carbocycles. The molecule has 0 N–H and O–H groups in total. The monoisotopic (exact) mass is 296 g/mol. The Morgan fingerprint density at radius 1 is 1.00 bits per heavy atom. The smallest absolute Gasteiger partial charge is 0.336 e. The van der Waals surface area contributed by atoms with E-state index in [1.807, 2.05) is 0 Å². The molecule has 120 valence electrons. The van der Waals surface area contributed by atoms with E-state index in [1.54, 1.807) is 13.8 Å². The van der Waals surface area contributed by atoms with Gasteiger partial charge in [0.2, 0.25) is 6.29 Å². The summed E-state index contributed by atoms with van der Waals surface area (Å²) in [5.41, 5.74) is 0.570. The second-order valence-electron chi connectivity index (χ2n) is 5.45. The maximum absolute atomic E-state index is 11.7. The summed E-state index contributed by atoms with van der Waals surface area (Å²) in [5.74, 6) is -0.731. The van der Waals surface area contributed by atoms with Gasteiger partial charge in [-0.2, -0.15) is 0 Å². The van der Waals surface area contributed by atoms with Gasteiger partial charge >= 0.3 is 11.9 Å². The molecular formula is C17H28O4. The minimum atomic E-state index is -0.875. The summed E-state index contributed by atoms with van der Waals surface area (Å²) in [6.07, 6.45) is 3.82. The SMILES string of the molecule is C=C(C)C(=O)OC(CC(CC)CCCC)OC(=O)C(=C)C. The Morgan fingerprint density at radius 3 is 1.81 bits per heavy atom. The Bertz CT molecular complexity index is 356. The quantitative estimate of drug-likeness (QED) is 0.345. The Hall–Kier alpha value is -1.58. The van der Waals surface area contributed by atoms with Crippen LogP contribution >= 0.6 is 0 Å². The minimum absolute atomic E-state index is 0.285. The molecule has 0 saturated carbocycles. The highest BCUT2D eigenvalue weighted by atomic mass is 16.7. The molecule has 4 nitrogen and oxygen atoms in total. The number of hydrogen-bond donors (Lipinski definition) is 0. The zero-order valence-electron chi connectivity index (χ0n) is 13.7. The number of hydrogen-bond acceptors (Lipinski definition) is 4. The third kappa shape index (κ3) is 8.33. The highest BCUT2D eigenvalue weighted by Crippen LogP contribution is 2.21. The van der Waals surface area contributed by atoms with Crippen LogP contribution in [0.15, 0.2) is 24.3 Å². The summed E-state index contributed by atoms with van der Waals surface area (Å²) in [6.45, 7) is 14.4. The molecular weight excluding hydrogens is 268 g/mol. The van der Waals surface area contributed by atoms with Gasteiger partial charge in [0.05, 0.1) is 0 Å². The molecule has 0 aromatic carbocycles. The summed E-state index contributed by atoms with van der Waals surface area (Å²) < 4.78 is 10.4. The van der Waals surface area contributed by atoms with Crippen molar-refractivity contribution in [1.29, 1.82) is 0 Å². The van der Waals surface area contributed by atoms with Crippen LogP contribution in [0.4, 0.5) is 0 Å². The van der Waals surface area contributed by atoms with E-state index < -0.39 is 18.2 Å². The van der Waals surface area contributed by atoms with Gasteiger partial charge in [0, 0.05) is 17.6 Å². The van der Waals surface area contributed by atoms with Crippen LogP contribution in [0, 0.1) is 5.92 Å². The molecule has 1 unspecified atom stereocenters. The van der Waals surface area contributed by atoms with Gasteiger partial charge in [-0.25, -0.2) is 9.59 Å². The van der Waals surface area contributed by atoms with Crippen molar-refractivity contribution >= 4 is 11.9 Å². The van der Waals surface area contributed by atoms with E-state index in [0.717, 1.165) is 25.7 Å². The van der Waals surface area contributed by atoms with Gasteiger partial charge < -0.3 is 9.47 Å². The summed E-state index contributed by atoms with van der Waals surface area (Å²) in [4.78, 5) is 23.3. The fourth-order valence-corrected chi connectivity index (χ4v) is 1.81. The van der Waals surface area contributed by atoms with Crippen LogP contribution < -0.4 is 0 Å². The van der Waals surface area contributed by atoms with E-state index in [9.17, 15) is 9.59 Å². The Morgan fingerprint density at radius 2 is 1.48 bits per heavy atom. The van der Waals surface area contributed by atoms with Gasteiger partial charge in [-0.05, 0) is 19.8 Å². The van der Waals surface area contributed by atoms with E-state index in [4.69, 9.17) is 9.47 Å². The Balaban J connectivity index is 4.76. The third-order valence-corrected chi connectivity index (χ3v) is 3.24. The van der Waals surface area contributed by atoms with Crippen molar-refractivity contribution in [2.45, 2.75) is 66.1 Å². The lowest BCUT2D eigenvalue weighted by Crippen LogP contribution is -2.27. The van der Waals surface area contributed by atoms with Crippen molar-refractivity contribution < 1.29 is 19.1 Å². The lowest BCUT2D eigenvalue weighted by atomic mass is 9.95. The average Bonchev–Trinajstić information content (AvgIpc) is 2.42. The topological polar surface area (TPSA) is 52.6 Å². The molecule has 0 amide bonds. The van der Waals surface area contributed by atoms with Crippen molar-refractivity contribution in [3.8, 4) is 0 Å². The molecule has 4 heteroatoms. The predicted octanol–water partition coefficient (Wildman–Crippen LogP) is 4.16. The van der Waals surface area contributed by atoms with E-state index >= 15 is 0 Å². The average molecular weight is 296 g/mol. The first-order chi connectivity index (χ1) is 9.81. The van der Waals surface area contributed by atoms with Crippen LogP contribution in [0.2, 0.25) is 0 Å². The standard InChI is InChI=1S/C17H28O4/c1-7-9-10-14(8-2)11-15(20-16(18)12(3)4)21-17(19)13(5)6/h14-15H,3,5,7-11H2,1-2,4,6H3. The summed E-state index contributed by atoms with van der Waals surface area (Å²) in [6, 6.07) is 0. The second-order valence-corrected chi connectivity index (χ2v) is 5.45. The zero-order chi connectivity index (χ0) is 16.4. The number of ether oxygens (including phenoxy) is 2. The number of esters is 2. The molecule has 0 spiro atoms. The molecule has 0 aliphatic heterocycles. The maximum Gasteiger partial charge on any atom is 0.336 e. The molecule has 0 saturated heterocycles. The van der Waals surface area contributed by atoms with Crippen molar-refractivity contribution in [2.24, 2.45) is 5.92 Å². The van der Waals surface area contributed by atoms with E-state index in [-0.39, 0.29) is 11.1 Å². The zero-order valence-corrected chi connectivity index (χ0v) is 13.7. The lowest BCUT2D eigenvalue weighted by Gasteiger charge is -2.23. The molecule has 0 aliphatic rings. The number of carbonyl (C=O) groups excluding carboxylic acids is 2. The van der Waals surface area contributed by atoms with Crippen LogP contribution in [0.5, 0.6) is 0 Å². The van der Waals surface area contributed by atoms with Crippen LogP contribution in [0.1, 0.15) is 59.8 Å². The van der Waals surface area contributed by atoms with Gasteiger partial charge in [-0.3, -0.25) is 0 Å². The molecule has 0 fully saturated rings. The highest BCUT2D eigenvalue weighted by Gasteiger charge is 2.23. The van der Waals surface area contributed by atoms with Crippen molar-refractivity contribution in [3.63, 3.8) is 0 Å². The molecule has 0 bridgehead atoms. The van der Waals surface area contributed by atoms with E-state index in [0.29, 0.717) is 12.3 Å². The molecule has 0 radical (unpaired) electrons. The fraction of sp³-hybridized carbons (Fsp3) is 0.647. The first-order valence-electron chi connectivity index (χ1n) is 7.54. The summed E-state index contributed by atoms with van der Waals surface area (Å²) in [7, 11) is 0. The van der Waals surface area contributed by atoms with Crippen LogP contribution in [-0.2, 0) is 19.1 Å². The van der Waals surface area contributed by atoms with Gasteiger partial charge in [0.25, 0.3) is 0 Å². The Kier molecular flexibility index (Phi) is 9.42. The summed E-state index contributed by atoms with van der Waals surface area (Å²) in [5, 5.41) is 0. The van der Waals surface area contributed by atoms with Gasteiger partial charge in [0.15, 0.2) is 0 Å². The predicted molar refractivity (Wildman–Crippen MR) is 83.5 cm³/mol. The number of carbonyl (C=O) groups is 2. The van der Waals surface area contributed by atoms with E-state index in [1.165, 1.54) is 0 Å². The first-order valence-corrected chi connectivity index (χ1v) is 7.54. The first kappa shape index (κ1) is 19.4. The normalized spacial score (nSPS) is 11.9. The fourth-order valence-electron chi connectivity index (χ4n) is 1.81. The van der Waals surface area contributed by atoms with Gasteiger partial charge in [-0.1, -0.05) is 52.7 Å². The van der Waals surface area contributed by atoms with Crippen LogP contribution in [0.25, 0.3) is 0 Å².